The van der Waals surface area contributed by atoms with Crippen molar-refractivity contribution in [1.29, 1.82) is 0 Å². The molecule has 1 aromatic heterocycles. The lowest BCUT2D eigenvalue weighted by Gasteiger charge is -2.22. The fraction of sp³-hybridized carbons (Fsp3) is 0.667. The highest BCUT2D eigenvalue weighted by Crippen LogP contribution is 2.07. The third kappa shape index (κ3) is 10.4. The lowest BCUT2D eigenvalue weighted by Crippen LogP contribution is -2.31. The fourth-order valence-electron chi connectivity index (χ4n) is 1.22. The second kappa shape index (κ2) is 9.42. The van der Waals surface area contributed by atoms with Gasteiger partial charge in [-0.05, 0) is 45.7 Å². The lowest BCUT2D eigenvalue weighted by molar-refractivity contribution is 0.0341. The van der Waals surface area contributed by atoms with Crippen LogP contribution in [-0.4, -0.2) is 42.4 Å². The molecule has 1 heterocycles. The molecule has 1 N–H and O–H groups in total. The molecule has 0 aliphatic rings. The summed E-state index contributed by atoms with van der Waals surface area (Å²) in [6.45, 7) is 5.80. The van der Waals surface area contributed by atoms with E-state index >= 15 is 0 Å². The maximum Gasteiger partial charge on any atom is 0.409 e. The highest BCUT2D eigenvalue weighted by Gasteiger charge is 2.16. The summed E-state index contributed by atoms with van der Waals surface area (Å²) in [5.41, 5.74) is -0.388. The van der Waals surface area contributed by atoms with Gasteiger partial charge in [0.05, 0.1) is 6.26 Å². The summed E-state index contributed by atoms with van der Waals surface area (Å²) >= 11 is 0. The molecular formula is C15H27NO4. The van der Waals surface area contributed by atoms with E-state index < -0.39 is 0 Å². The third-order valence-corrected chi connectivity index (χ3v) is 2.17. The number of nitrogens with zero attached hydrogens (tertiary/aromatic N) is 1. The van der Waals surface area contributed by atoms with E-state index in [1.165, 1.54) is 4.90 Å². The molecule has 0 bridgehead atoms. The van der Waals surface area contributed by atoms with Crippen LogP contribution in [0.3, 0.4) is 0 Å². The average Bonchev–Trinajstić information content (AvgIpc) is 2.81. The molecule has 20 heavy (non-hydrogen) atoms. The topological polar surface area (TPSA) is 62.9 Å². The molecule has 0 spiro atoms. The molecule has 1 aromatic rings. The van der Waals surface area contributed by atoms with Crippen molar-refractivity contribution in [2.75, 3.05) is 20.7 Å². The summed E-state index contributed by atoms with van der Waals surface area (Å²) in [7, 11) is 3.32. The second-order valence-corrected chi connectivity index (χ2v) is 5.63. The molecular weight excluding hydrogens is 258 g/mol. The Hall–Kier alpha value is -1.49. The molecule has 1 amide bonds. The molecule has 0 saturated carbocycles. The van der Waals surface area contributed by atoms with E-state index in [0.717, 1.165) is 25.0 Å². The van der Waals surface area contributed by atoms with Crippen molar-refractivity contribution < 1.29 is 19.1 Å². The predicted molar refractivity (Wildman–Crippen MR) is 78.7 cm³/mol. The number of furan rings is 1. The number of aliphatic hydroxyl groups excluding tert-OH is 1. The van der Waals surface area contributed by atoms with E-state index in [1.807, 2.05) is 32.9 Å². The van der Waals surface area contributed by atoms with Gasteiger partial charge in [0.25, 0.3) is 0 Å². The number of aliphatic hydroxyl groups is 1. The number of hydrogen-bond acceptors (Lipinski definition) is 4. The van der Waals surface area contributed by atoms with Gasteiger partial charge in [-0.25, -0.2) is 4.79 Å². The van der Waals surface area contributed by atoms with Gasteiger partial charge >= 0.3 is 6.09 Å². The molecule has 0 unspecified atom stereocenters. The van der Waals surface area contributed by atoms with Crippen LogP contribution < -0.4 is 0 Å². The minimum Gasteiger partial charge on any atom is -0.469 e. The van der Waals surface area contributed by atoms with Gasteiger partial charge in [-0.3, -0.25) is 0 Å². The maximum atomic E-state index is 10.9. The molecule has 0 radical (unpaired) electrons. The largest absolute Gasteiger partial charge is 0.469 e. The fourth-order valence-corrected chi connectivity index (χ4v) is 1.22. The molecule has 0 aliphatic carbocycles. The third-order valence-electron chi connectivity index (χ3n) is 2.17. The van der Waals surface area contributed by atoms with Gasteiger partial charge in [-0.1, -0.05) is 0 Å². The molecule has 116 valence electrons. The van der Waals surface area contributed by atoms with Crippen LogP contribution >= 0.6 is 0 Å². The van der Waals surface area contributed by atoms with Crippen molar-refractivity contribution in [2.45, 2.75) is 45.6 Å². The van der Waals surface area contributed by atoms with Gasteiger partial charge in [0.15, 0.2) is 0 Å². The van der Waals surface area contributed by atoms with Crippen LogP contribution in [0.2, 0.25) is 0 Å². The van der Waals surface area contributed by atoms with Crippen LogP contribution in [0.5, 0.6) is 0 Å². The Morgan fingerprint density at radius 2 is 2.00 bits per heavy atom. The van der Waals surface area contributed by atoms with Crippen molar-refractivity contribution in [3.63, 3.8) is 0 Å². The second-order valence-electron chi connectivity index (χ2n) is 5.63. The summed E-state index contributed by atoms with van der Waals surface area (Å²) in [5.74, 6) is 1.01. The molecule has 0 saturated heterocycles. The summed E-state index contributed by atoms with van der Waals surface area (Å²) < 4.78 is 10.1. The van der Waals surface area contributed by atoms with Crippen molar-refractivity contribution in [1.82, 2.24) is 4.90 Å². The summed E-state index contributed by atoms with van der Waals surface area (Å²) in [6, 6.07) is 3.84. The Morgan fingerprint density at radius 3 is 2.35 bits per heavy atom. The summed E-state index contributed by atoms with van der Waals surface area (Å²) in [4.78, 5) is 12.3. The number of carbonyl (C=O) groups excluding carboxylic acids is 1. The molecule has 5 heteroatoms. The number of ether oxygens (including phenoxy) is 1. The zero-order chi connectivity index (χ0) is 15.6. The van der Waals surface area contributed by atoms with Crippen LogP contribution in [0, 0.1) is 0 Å². The molecule has 0 aliphatic heterocycles. The average molecular weight is 285 g/mol. The zero-order valence-corrected chi connectivity index (χ0v) is 13.2. The van der Waals surface area contributed by atoms with E-state index in [2.05, 4.69) is 0 Å². The first-order valence-corrected chi connectivity index (χ1v) is 6.80. The highest BCUT2D eigenvalue weighted by atomic mass is 16.6. The van der Waals surface area contributed by atoms with Crippen LogP contribution in [0.4, 0.5) is 4.79 Å². The lowest BCUT2D eigenvalue weighted by atomic mass is 10.2. The Labute approximate surface area is 121 Å². The minimum absolute atomic E-state index is 0.278. The standard InChI is InChI=1S/C8H12O2.C7H15NO2/c9-6-2-1-4-8-5-3-7-10-8;1-7(2,3)10-6(9)8(4)5/h3,5,7,9H,1-2,4,6H2;1-5H3. The smallest absolute Gasteiger partial charge is 0.409 e. The van der Waals surface area contributed by atoms with Crippen molar-refractivity contribution in [3.8, 4) is 0 Å². The van der Waals surface area contributed by atoms with Crippen LogP contribution in [0.15, 0.2) is 22.8 Å². The molecule has 0 fully saturated rings. The quantitative estimate of drug-likeness (QED) is 0.864. The van der Waals surface area contributed by atoms with Gasteiger partial charge in [0.1, 0.15) is 11.4 Å². The van der Waals surface area contributed by atoms with Crippen molar-refractivity contribution in [2.24, 2.45) is 0 Å². The number of hydrogen-bond donors (Lipinski definition) is 1. The zero-order valence-electron chi connectivity index (χ0n) is 13.2. The van der Waals surface area contributed by atoms with Gasteiger partial charge < -0.3 is 19.2 Å². The molecule has 0 aromatic carbocycles. The van der Waals surface area contributed by atoms with Gasteiger partial charge in [0.2, 0.25) is 0 Å². The van der Waals surface area contributed by atoms with Gasteiger partial charge in [-0.15, -0.1) is 0 Å². The van der Waals surface area contributed by atoms with Crippen molar-refractivity contribution in [3.05, 3.63) is 24.2 Å². The predicted octanol–water partition coefficient (Wildman–Crippen LogP) is 3.08. The summed E-state index contributed by atoms with van der Waals surface area (Å²) in [5, 5.41) is 8.46. The molecule has 0 atom stereocenters. The molecule has 5 nitrogen and oxygen atoms in total. The first-order valence-electron chi connectivity index (χ1n) is 6.80. The first-order chi connectivity index (χ1) is 9.26. The number of amides is 1. The van der Waals surface area contributed by atoms with E-state index in [-0.39, 0.29) is 18.3 Å². The van der Waals surface area contributed by atoms with E-state index in [0.29, 0.717) is 0 Å². The Bertz CT molecular complexity index is 352. The van der Waals surface area contributed by atoms with Crippen LogP contribution in [-0.2, 0) is 11.2 Å². The maximum absolute atomic E-state index is 10.9. The van der Waals surface area contributed by atoms with Crippen molar-refractivity contribution >= 4 is 6.09 Å². The Morgan fingerprint density at radius 1 is 1.35 bits per heavy atom. The van der Waals surface area contributed by atoms with E-state index in [4.69, 9.17) is 14.3 Å². The Balaban J connectivity index is 0.000000361. The normalized spacial score (nSPS) is 10.5. The van der Waals surface area contributed by atoms with Crippen LogP contribution in [0.25, 0.3) is 0 Å². The summed E-state index contributed by atoms with van der Waals surface area (Å²) in [6.07, 6.45) is 4.18. The number of aryl methyl sites for hydroxylation is 1. The SMILES string of the molecule is CN(C)C(=O)OC(C)(C)C.OCCCCc1ccco1. The Kier molecular flexibility index (Phi) is 8.72. The highest BCUT2D eigenvalue weighted by molar-refractivity contribution is 5.67. The van der Waals surface area contributed by atoms with E-state index in [1.54, 1.807) is 20.4 Å². The van der Waals surface area contributed by atoms with E-state index in [9.17, 15) is 4.79 Å². The first kappa shape index (κ1) is 18.5. The number of unbranched alkanes of at least 4 members (excludes halogenated alkanes) is 1. The monoisotopic (exact) mass is 285 g/mol. The number of rotatable bonds is 4. The molecule has 1 rings (SSSR count). The number of carbonyl (C=O) groups is 1. The minimum atomic E-state index is -0.388. The van der Waals surface area contributed by atoms with Gasteiger partial charge in [0, 0.05) is 27.1 Å². The van der Waals surface area contributed by atoms with Crippen LogP contribution in [0.1, 0.15) is 39.4 Å². The van der Waals surface area contributed by atoms with Gasteiger partial charge in [-0.2, -0.15) is 0 Å².